The molecule has 3 aromatic rings. The number of anilines is 2. The van der Waals surface area contributed by atoms with Crippen LogP contribution in [0.4, 0.5) is 11.4 Å². The number of carbonyl (C=O) groups excluding carboxylic acids is 1. The molecule has 0 aliphatic heterocycles. The number of hydrogen-bond acceptors (Lipinski definition) is 3. The van der Waals surface area contributed by atoms with E-state index in [0.29, 0.717) is 11.4 Å². The Kier molecular flexibility index (Phi) is 6.90. The number of hydrogen-bond donors (Lipinski definition) is 1. The first-order chi connectivity index (χ1) is 14.4. The van der Waals surface area contributed by atoms with Crippen LogP contribution in [0.5, 0.6) is 0 Å². The Morgan fingerprint density at radius 1 is 0.900 bits per heavy atom. The molecule has 5 nitrogen and oxygen atoms in total. The summed E-state index contributed by atoms with van der Waals surface area (Å²) in [5.74, 6) is -0.359. The fourth-order valence-electron chi connectivity index (χ4n) is 3.15. The number of sulfonamides is 1. The van der Waals surface area contributed by atoms with Crippen LogP contribution in [0, 0.1) is 0 Å². The molecule has 0 atom stereocenters. The molecule has 30 heavy (non-hydrogen) atoms. The zero-order valence-corrected chi connectivity index (χ0v) is 18.0. The number of nitrogens with one attached hydrogen (secondary N) is 1. The van der Waals surface area contributed by atoms with E-state index >= 15 is 0 Å². The van der Waals surface area contributed by atoms with Gasteiger partial charge in [0.05, 0.1) is 16.1 Å². The van der Waals surface area contributed by atoms with Crippen molar-refractivity contribution in [2.24, 2.45) is 0 Å². The van der Waals surface area contributed by atoms with Gasteiger partial charge >= 0.3 is 0 Å². The fraction of sp³-hybridized carbons (Fsp3) is 0.208. The summed E-state index contributed by atoms with van der Waals surface area (Å²) >= 11 is 0. The van der Waals surface area contributed by atoms with E-state index in [9.17, 15) is 13.2 Å². The Labute approximate surface area is 178 Å². The van der Waals surface area contributed by atoms with Gasteiger partial charge in [-0.3, -0.25) is 9.10 Å². The van der Waals surface area contributed by atoms with Gasteiger partial charge in [-0.25, -0.2) is 8.42 Å². The maximum absolute atomic E-state index is 13.0. The summed E-state index contributed by atoms with van der Waals surface area (Å²) in [4.78, 5) is 13.1. The van der Waals surface area contributed by atoms with Gasteiger partial charge in [0.25, 0.3) is 15.9 Å². The number of unbranched alkanes of at least 4 members (excludes halogenated alkanes) is 1. The van der Waals surface area contributed by atoms with Crippen molar-refractivity contribution in [1.82, 2.24) is 0 Å². The molecule has 0 radical (unpaired) electrons. The Morgan fingerprint density at radius 3 is 2.20 bits per heavy atom. The molecule has 3 aromatic carbocycles. The molecule has 0 aliphatic carbocycles. The van der Waals surface area contributed by atoms with Crippen LogP contribution in [0.1, 0.15) is 35.7 Å². The molecule has 0 spiro atoms. The lowest BCUT2D eigenvalue weighted by molar-refractivity contribution is 0.102. The number of rotatable bonds is 8. The fourth-order valence-corrected chi connectivity index (χ4v) is 4.39. The van der Waals surface area contributed by atoms with Crippen LogP contribution < -0.4 is 9.62 Å². The van der Waals surface area contributed by atoms with Crippen LogP contribution in [-0.2, 0) is 16.4 Å². The second-order valence-corrected chi connectivity index (χ2v) is 9.03. The van der Waals surface area contributed by atoms with Gasteiger partial charge < -0.3 is 5.32 Å². The van der Waals surface area contributed by atoms with Gasteiger partial charge in [0, 0.05) is 12.7 Å². The lowest BCUT2D eigenvalue weighted by Crippen LogP contribution is -2.29. The predicted molar refractivity (Wildman–Crippen MR) is 121 cm³/mol. The van der Waals surface area contributed by atoms with Crippen molar-refractivity contribution in [3.05, 3.63) is 90.0 Å². The smallest absolute Gasteiger partial charge is 0.264 e. The van der Waals surface area contributed by atoms with Gasteiger partial charge in [0.15, 0.2) is 0 Å². The number of amides is 1. The quantitative estimate of drug-likeness (QED) is 0.549. The number of aryl methyl sites for hydroxylation is 1. The highest BCUT2D eigenvalue weighted by Gasteiger charge is 2.24. The average molecular weight is 423 g/mol. The first-order valence-electron chi connectivity index (χ1n) is 9.97. The van der Waals surface area contributed by atoms with E-state index in [-0.39, 0.29) is 16.4 Å². The van der Waals surface area contributed by atoms with E-state index in [0.717, 1.165) is 23.6 Å². The molecular weight excluding hydrogens is 396 g/mol. The Bertz CT molecular complexity index is 1090. The topological polar surface area (TPSA) is 66.5 Å². The average Bonchev–Trinajstić information content (AvgIpc) is 2.78. The maximum Gasteiger partial charge on any atom is 0.264 e. The third kappa shape index (κ3) is 4.89. The van der Waals surface area contributed by atoms with Gasteiger partial charge in [-0.2, -0.15) is 0 Å². The van der Waals surface area contributed by atoms with Crippen LogP contribution in [-0.4, -0.2) is 21.4 Å². The predicted octanol–water partition coefficient (Wildman–Crippen LogP) is 5.11. The Morgan fingerprint density at radius 2 is 1.53 bits per heavy atom. The molecule has 0 heterocycles. The molecule has 0 saturated heterocycles. The lowest BCUT2D eigenvalue weighted by atomic mass is 10.1. The molecule has 1 N–H and O–H groups in total. The van der Waals surface area contributed by atoms with Crippen molar-refractivity contribution in [2.75, 3.05) is 16.7 Å². The van der Waals surface area contributed by atoms with E-state index < -0.39 is 10.0 Å². The number of para-hydroxylation sites is 1. The van der Waals surface area contributed by atoms with Crippen molar-refractivity contribution < 1.29 is 13.2 Å². The van der Waals surface area contributed by atoms with E-state index in [1.54, 1.807) is 42.5 Å². The van der Waals surface area contributed by atoms with Crippen molar-refractivity contribution in [3.8, 4) is 0 Å². The van der Waals surface area contributed by atoms with Crippen LogP contribution in [0.15, 0.2) is 83.8 Å². The van der Waals surface area contributed by atoms with Gasteiger partial charge in [0.1, 0.15) is 0 Å². The molecule has 0 aliphatic rings. The Balaban J connectivity index is 1.83. The van der Waals surface area contributed by atoms with Crippen LogP contribution in [0.2, 0.25) is 0 Å². The van der Waals surface area contributed by atoms with E-state index in [2.05, 4.69) is 12.2 Å². The molecule has 0 aromatic heterocycles. The third-order valence-electron chi connectivity index (χ3n) is 4.92. The highest BCUT2D eigenvalue weighted by Crippen LogP contribution is 2.26. The van der Waals surface area contributed by atoms with Gasteiger partial charge in [0.2, 0.25) is 0 Å². The lowest BCUT2D eigenvalue weighted by Gasteiger charge is -2.22. The molecule has 3 rings (SSSR count). The number of carbonyl (C=O) groups is 1. The molecule has 0 fully saturated rings. The molecule has 1 amide bonds. The highest BCUT2D eigenvalue weighted by atomic mass is 32.2. The second-order valence-electron chi connectivity index (χ2n) is 7.06. The molecule has 156 valence electrons. The van der Waals surface area contributed by atoms with Crippen LogP contribution in [0.3, 0.4) is 0 Å². The number of benzene rings is 3. The van der Waals surface area contributed by atoms with E-state index in [1.807, 2.05) is 24.3 Å². The first-order valence-corrected chi connectivity index (χ1v) is 11.4. The second kappa shape index (κ2) is 9.59. The maximum atomic E-state index is 13.0. The van der Waals surface area contributed by atoms with Crippen molar-refractivity contribution in [1.29, 1.82) is 0 Å². The monoisotopic (exact) mass is 422 g/mol. The van der Waals surface area contributed by atoms with Crippen molar-refractivity contribution in [2.45, 2.75) is 31.1 Å². The summed E-state index contributed by atoms with van der Waals surface area (Å²) in [6, 6.07) is 22.6. The minimum atomic E-state index is -3.78. The van der Waals surface area contributed by atoms with Crippen molar-refractivity contribution >= 4 is 27.3 Å². The van der Waals surface area contributed by atoms with Crippen LogP contribution >= 0.6 is 0 Å². The Hall–Kier alpha value is -3.12. The minimum absolute atomic E-state index is 0.172. The third-order valence-corrected chi connectivity index (χ3v) is 6.71. The zero-order chi connectivity index (χ0) is 21.6. The summed E-state index contributed by atoms with van der Waals surface area (Å²) in [6.07, 6.45) is 3.27. The molecule has 0 unspecified atom stereocenters. The van der Waals surface area contributed by atoms with Gasteiger partial charge in [-0.15, -0.1) is 0 Å². The summed E-state index contributed by atoms with van der Waals surface area (Å²) < 4.78 is 27.1. The van der Waals surface area contributed by atoms with E-state index in [1.165, 1.54) is 24.7 Å². The summed E-state index contributed by atoms with van der Waals surface area (Å²) in [5, 5.41) is 2.87. The molecular formula is C24H26N2O3S. The highest BCUT2D eigenvalue weighted by molar-refractivity contribution is 7.92. The van der Waals surface area contributed by atoms with E-state index in [4.69, 9.17) is 0 Å². The zero-order valence-electron chi connectivity index (χ0n) is 17.2. The SMILES string of the molecule is CCCCc1ccc(NC(=O)c2ccccc2N(C)S(=O)(=O)c2ccccc2)cc1. The largest absolute Gasteiger partial charge is 0.322 e. The van der Waals surface area contributed by atoms with Gasteiger partial charge in [-0.1, -0.05) is 55.8 Å². The van der Waals surface area contributed by atoms with Gasteiger partial charge in [-0.05, 0) is 54.8 Å². The van der Waals surface area contributed by atoms with Crippen LogP contribution in [0.25, 0.3) is 0 Å². The summed E-state index contributed by atoms with van der Waals surface area (Å²) in [5.41, 5.74) is 2.50. The summed E-state index contributed by atoms with van der Waals surface area (Å²) in [7, 11) is -2.33. The summed E-state index contributed by atoms with van der Waals surface area (Å²) in [6.45, 7) is 2.15. The van der Waals surface area contributed by atoms with Crippen molar-refractivity contribution in [3.63, 3.8) is 0 Å². The molecule has 0 saturated carbocycles. The molecule has 0 bridgehead atoms. The molecule has 6 heteroatoms. The number of nitrogens with zero attached hydrogens (tertiary/aromatic N) is 1. The standard InChI is InChI=1S/C24H26N2O3S/c1-3-4-10-19-15-17-20(18-16-19)25-24(27)22-13-8-9-14-23(22)26(2)30(28,29)21-11-6-5-7-12-21/h5-9,11-18H,3-4,10H2,1-2H3,(H,25,27). The first kappa shape index (κ1) is 21.6. The normalized spacial score (nSPS) is 11.1. The minimum Gasteiger partial charge on any atom is -0.322 e.